The first-order valence-electron chi connectivity index (χ1n) is 13.3. The Kier molecular flexibility index (Phi) is 7.16. The molecule has 0 aliphatic carbocycles. The zero-order valence-electron chi connectivity index (χ0n) is 22.8. The van der Waals surface area contributed by atoms with Crippen LogP contribution >= 0.6 is 23.2 Å². The first kappa shape index (κ1) is 28.1. The standard InChI is InChI=1S/C28H26Cl2FN7O4/c1-33-24-23(26(41)34(2)28(33)42)37(15-16-5-3-4-6-20(16)31)27(32-24)36-9-7-35(8-10-36)21-14-22(39)38(25(21)40)19-12-17(29)11-18(30)13-19/h3-6,11-13,21H,7-10,14-15H2,1-2H3. The van der Waals surface area contributed by atoms with E-state index in [1.165, 1.54) is 42.9 Å². The van der Waals surface area contributed by atoms with Gasteiger partial charge in [-0.15, -0.1) is 0 Å². The molecule has 0 saturated carbocycles. The first-order chi connectivity index (χ1) is 20.0. The second-order valence-corrected chi connectivity index (χ2v) is 11.3. The molecular weight excluding hydrogens is 588 g/mol. The van der Waals surface area contributed by atoms with Crippen LogP contribution in [0, 0.1) is 5.82 Å². The summed E-state index contributed by atoms with van der Waals surface area (Å²) in [6.45, 7) is 1.70. The molecule has 2 fully saturated rings. The lowest BCUT2D eigenvalue weighted by Gasteiger charge is -2.37. The van der Waals surface area contributed by atoms with Crippen molar-refractivity contribution in [2.75, 3.05) is 36.0 Å². The number of imidazole rings is 1. The maximum absolute atomic E-state index is 14.7. The van der Waals surface area contributed by atoms with Crippen LogP contribution in [0.4, 0.5) is 16.0 Å². The minimum atomic E-state index is -0.650. The molecule has 2 aromatic carbocycles. The van der Waals surface area contributed by atoms with Crippen molar-refractivity contribution in [1.82, 2.24) is 23.6 Å². The number of fused-ring (bicyclic) bond motifs is 1. The van der Waals surface area contributed by atoms with Crippen LogP contribution in [0.15, 0.2) is 52.1 Å². The molecule has 0 spiro atoms. The van der Waals surface area contributed by atoms with E-state index in [9.17, 15) is 23.6 Å². The number of benzene rings is 2. The molecule has 2 amide bonds. The highest BCUT2D eigenvalue weighted by atomic mass is 35.5. The summed E-state index contributed by atoms with van der Waals surface area (Å²) in [4.78, 5) is 61.9. The Labute approximate surface area is 248 Å². The van der Waals surface area contributed by atoms with Gasteiger partial charge in [-0.25, -0.2) is 14.1 Å². The van der Waals surface area contributed by atoms with Crippen molar-refractivity contribution in [3.05, 3.63) is 84.7 Å². The van der Waals surface area contributed by atoms with Gasteiger partial charge >= 0.3 is 5.69 Å². The highest BCUT2D eigenvalue weighted by Gasteiger charge is 2.44. The summed E-state index contributed by atoms with van der Waals surface area (Å²) in [5, 5.41) is 0.640. The highest BCUT2D eigenvalue weighted by Crippen LogP contribution is 2.31. The quantitative estimate of drug-likeness (QED) is 0.318. The van der Waals surface area contributed by atoms with Gasteiger partial charge in [0.2, 0.25) is 11.9 Å². The molecule has 42 heavy (non-hydrogen) atoms. The molecule has 2 aromatic heterocycles. The second-order valence-electron chi connectivity index (χ2n) is 10.4. The van der Waals surface area contributed by atoms with Crippen molar-refractivity contribution in [2.24, 2.45) is 14.1 Å². The number of aryl methyl sites for hydroxylation is 1. The normalized spacial score (nSPS) is 18.1. The van der Waals surface area contributed by atoms with E-state index in [1.807, 2.05) is 9.80 Å². The Morgan fingerprint density at radius 3 is 2.26 bits per heavy atom. The Morgan fingerprint density at radius 2 is 1.60 bits per heavy atom. The van der Waals surface area contributed by atoms with Crippen LogP contribution in [0.5, 0.6) is 0 Å². The van der Waals surface area contributed by atoms with E-state index >= 15 is 0 Å². The summed E-state index contributed by atoms with van der Waals surface area (Å²) >= 11 is 12.2. The minimum Gasteiger partial charge on any atom is -0.340 e. The maximum atomic E-state index is 14.7. The molecule has 14 heteroatoms. The van der Waals surface area contributed by atoms with E-state index in [4.69, 9.17) is 23.2 Å². The average Bonchev–Trinajstić information content (AvgIpc) is 3.48. The Bertz CT molecular complexity index is 1860. The Morgan fingerprint density at radius 1 is 0.929 bits per heavy atom. The lowest BCUT2D eigenvalue weighted by atomic mass is 10.1. The fourth-order valence-corrected chi connectivity index (χ4v) is 6.21. The number of carbonyl (C=O) groups is 2. The van der Waals surface area contributed by atoms with Crippen LogP contribution in [-0.4, -0.2) is 67.6 Å². The summed E-state index contributed by atoms with van der Waals surface area (Å²) < 4.78 is 18.6. The van der Waals surface area contributed by atoms with Gasteiger partial charge in [0.1, 0.15) is 5.82 Å². The van der Waals surface area contributed by atoms with Gasteiger partial charge in [0.25, 0.3) is 11.5 Å². The number of nitrogens with zero attached hydrogens (tertiary/aromatic N) is 7. The van der Waals surface area contributed by atoms with Gasteiger partial charge < -0.3 is 4.90 Å². The largest absolute Gasteiger partial charge is 0.340 e. The molecule has 6 rings (SSSR count). The summed E-state index contributed by atoms with van der Waals surface area (Å²) in [5.41, 5.74) is 0.0333. The first-order valence-corrected chi connectivity index (χ1v) is 14.0. The topological polar surface area (TPSA) is 106 Å². The SMILES string of the molecule is Cn1c(=O)c2c(nc(N3CCN(C4CC(=O)N(c5cc(Cl)cc(Cl)c5)C4=O)CC3)n2Cc2ccccc2F)n(C)c1=O. The highest BCUT2D eigenvalue weighted by molar-refractivity contribution is 6.35. The number of carbonyl (C=O) groups excluding carboxylic acids is 2. The van der Waals surface area contributed by atoms with Crippen molar-refractivity contribution < 1.29 is 14.0 Å². The maximum Gasteiger partial charge on any atom is 0.332 e. The molecule has 4 aromatic rings. The van der Waals surface area contributed by atoms with Crippen molar-refractivity contribution >= 4 is 57.8 Å². The van der Waals surface area contributed by atoms with E-state index in [0.717, 1.165) is 9.47 Å². The Hall–Kier alpha value is -4.00. The number of anilines is 2. The van der Waals surface area contributed by atoms with E-state index < -0.39 is 23.1 Å². The van der Waals surface area contributed by atoms with Crippen molar-refractivity contribution in [2.45, 2.75) is 19.0 Å². The van der Waals surface area contributed by atoms with Gasteiger partial charge in [-0.2, -0.15) is 4.98 Å². The summed E-state index contributed by atoms with van der Waals surface area (Å²) in [7, 11) is 2.93. The molecule has 1 unspecified atom stereocenters. The molecule has 1 atom stereocenters. The van der Waals surface area contributed by atoms with E-state index in [2.05, 4.69) is 4.98 Å². The molecule has 0 bridgehead atoms. The van der Waals surface area contributed by atoms with E-state index in [-0.39, 0.29) is 35.9 Å². The molecule has 0 N–H and O–H groups in total. The Balaban J connectivity index is 1.30. The minimum absolute atomic E-state index is 0.0207. The molecule has 218 valence electrons. The zero-order valence-corrected chi connectivity index (χ0v) is 24.3. The second kappa shape index (κ2) is 10.7. The van der Waals surface area contributed by atoms with Crippen LogP contribution in [0.1, 0.15) is 12.0 Å². The van der Waals surface area contributed by atoms with Crippen LogP contribution in [-0.2, 0) is 30.2 Å². The van der Waals surface area contributed by atoms with E-state index in [1.54, 1.807) is 22.8 Å². The van der Waals surface area contributed by atoms with Gasteiger partial charge in [0.15, 0.2) is 11.2 Å². The molecule has 0 radical (unpaired) electrons. The average molecular weight is 614 g/mol. The lowest BCUT2D eigenvalue weighted by molar-refractivity contribution is -0.123. The number of halogens is 3. The molecule has 4 heterocycles. The fourth-order valence-electron chi connectivity index (χ4n) is 5.70. The monoisotopic (exact) mass is 613 g/mol. The molecule has 11 nitrogen and oxygen atoms in total. The third kappa shape index (κ3) is 4.69. The van der Waals surface area contributed by atoms with Gasteiger partial charge in [-0.05, 0) is 24.3 Å². The van der Waals surface area contributed by atoms with Crippen LogP contribution in [0.3, 0.4) is 0 Å². The molecule has 2 saturated heterocycles. The van der Waals surface area contributed by atoms with Crippen molar-refractivity contribution in [3.63, 3.8) is 0 Å². The fraction of sp³-hybridized carbons (Fsp3) is 0.321. The number of piperazine rings is 1. The van der Waals surface area contributed by atoms with Crippen molar-refractivity contribution in [3.8, 4) is 0 Å². The van der Waals surface area contributed by atoms with E-state index in [0.29, 0.717) is 53.4 Å². The molecule has 2 aliphatic heterocycles. The number of aromatic nitrogens is 4. The van der Waals surface area contributed by atoms with Crippen LogP contribution < -0.4 is 21.0 Å². The smallest absolute Gasteiger partial charge is 0.332 e. The number of amides is 2. The van der Waals surface area contributed by atoms with Crippen LogP contribution in [0.2, 0.25) is 10.0 Å². The summed E-state index contributed by atoms with van der Waals surface area (Å²) in [6.07, 6.45) is 0.0207. The van der Waals surface area contributed by atoms with Crippen LogP contribution in [0.25, 0.3) is 11.2 Å². The predicted octanol–water partition coefficient (Wildman–Crippen LogP) is 2.38. The van der Waals surface area contributed by atoms with Gasteiger partial charge in [0.05, 0.1) is 24.7 Å². The van der Waals surface area contributed by atoms with Gasteiger partial charge in [-0.1, -0.05) is 41.4 Å². The third-order valence-electron chi connectivity index (χ3n) is 7.88. The number of imide groups is 1. The number of hydrogen-bond acceptors (Lipinski definition) is 7. The lowest BCUT2D eigenvalue weighted by Crippen LogP contribution is -2.53. The zero-order chi connectivity index (χ0) is 29.9. The third-order valence-corrected chi connectivity index (χ3v) is 8.32. The summed E-state index contributed by atoms with van der Waals surface area (Å²) in [5.74, 6) is -0.701. The molecular formula is C28H26Cl2FN7O4. The van der Waals surface area contributed by atoms with Gasteiger partial charge in [0, 0.05) is 55.9 Å². The molecule has 2 aliphatic rings. The predicted molar refractivity (Wildman–Crippen MR) is 157 cm³/mol. The van der Waals surface area contributed by atoms with Crippen molar-refractivity contribution in [1.29, 1.82) is 0 Å². The number of hydrogen-bond donors (Lipinski definition) is 0. The van der Waals surface area contributed by atoms with Gasteiger partial charge in [-0.3, -0.25) is 33.0 Å². The number of rotatable bonds is 5. The summed E-state index contributed by atoms with van der Waals surface area (Å²) in [6, 6.07) is 10.2.